The van der Waals surface area contributed by atoms with Crippen LogP contribution in [0.25, 0.3) is 0 Å². The van der Waals surface area contributed by atoms with Gasteiger partial charge in [0.05, 0.1) is 5.02 Å². The topological polar surface area (TPSA) is 108 Å². The van der Waals surface area contributed by atoms with Gasteiger partial charge in [-0.1, -0.05) is 32.4 Å². The van der Waals surface area contributed by atoms with E-state index < -0.39 is 15.4 Å². The van der Waals surface area contributed by atoms with Gasteiger partial charge in [-0.2, -0.15) is 0 Å². The maximum absolute atomic E-state index is 12.8. The summed E-state index contributed by atoms with van der Waals surface area (Å²) in [5, 5.41) is 5.51. The fourth-order valence-electron chi connectivity index (χ4n) is 3.07. The van der Waals surface area contributed by atoms with Crippen LogP contribution in [0.1, 0.15) is 33.6 Å². The molecule has 1 heterocycles. The van der Waals surface area contributed by atoms with Crippen LogP contribution in [0.2, 0.25) is 5.02 Å². The number of benzene rings is 2. The van der Waals surface area contributed by atoms with Crippen LogP contribution in [0.5, 0.6) is 0 Å². The molecule has 0 atom stereocenters. The molecule has 3 rings (SSSR count). The Morgan fingerprint density at radius 1 is 0.906 bits per heavy atom. The lowest BCUT2D eigenvalue weighted by molar-refractivity contribution is -0.123. The fraction of sp³-hybridized carbons (Fsp3) is 0.364. The zero-order valence-electron chi connectivity index (χ0n) is 18.2. The van der Waals surface area contributed by atoms with Crippen molar-refractivity contribution in [3.8, 4) is 0 Å². The smallest absolute Gasteiger partial charge is 0.321 e. The molecule has 0 aromatic heterocycles. The minimum Gasteiger partial charge on any atom is -0.326 e. The second-order valence-electron chi connectivity index (χ2n) is 8.66. The Labute approximate surface area is 193 Å². The molecule has 0 saturated carbocycles. The Hall–Kier alpha value is -2.78. The maximum atomic E-state index is 12.8. The molecule has 3 amide bonds. The van der Waals surface area contributed by atoms with Crippen molar-refractivity contribution in [2.24, 2.45) is 5.41 Å². The van der Waals surface area contributed by atoms with Gasteiger partial charge in [0.25, 0.3) is 10.0 Å². The normalized spacial score (nSPS) is 14.2. The monoisotopic (exact) mass is 478 g/mol. The quantitative estimate of drug-likeness (QED) is 0.576. The fourth-order valence-corrected chi connectivity index (χ4v) is 4.67. The zero-order chi connectivity index (χ0) is 23.5. The number of amides is 3. The Morgan fingerprint density at radius 2 is 1.47 bits per heavy atom. The van der Waals surface area contributed by atoms with E-state index in [2.05, 4.69) is 15.4 Å². The summed E-state index contributed by atoms with van der Waals surface area (Å²) in [5.74, 6) is -0.144. The molecule has 10 heteroatoms. The average Bonchev–Trinajstić information content (AvgIpc) is 3.23. The molecule has 0 bridgehead atoms. The van der Waals surface area contributed by atoms with E-state index in [1.165, 1.54) is 18.2 Å². The number of anilines is 3. The molecule has 1 fully saturated rings. The predicted molar refractivity (Wildman–Crippen MR) is 127 cm³/mol. The van der Waals surface area contributed by atoms with Crippen molar-refractivity contribution in [1.82, 2.24) is 4.90 Å². The Morgan fingerprint density at radius 3 is 2.03 bits per heavy atom. The summed E-state index contributed by atoms with van der Waals surface area (Å²) in [6.45, 7) is 6.82. The van der Waals surface area contributed by atoms with E-state index in [1.807, 2.05) is 0 Å². The van der Waals surface area contributed by atoms with Crippen molar-refractivity contribution in [3.05, 3.63) is 47.5 Å². The van der Waals surface area contributed by atoms with E-state index in [9.17, 15) is 18.0 Å². The summed E-state index contributed by atoms with van der Waals surface area (Å²) >= 11 is 6.22. The zero-order valence-corrected chi connectivity index (χ0v) is 19.8. The van der Waals surface area contributed by atoms with Crippen LogP contribution in [0, 0.1) is 5.41 Å². The number of likely N-dealkylation sites (tertiary alicyclic amines) is 1. The number of hydrogen-bond donors (Lipinski definition) is 3. The van der Waals surface area contributed by atoms with Crippen molar-refractivity contribution >= 4 is 50.6 Å². The number of urea groups is 1. The van der Waals surface area contributed by atoms with Gasteiger partial charge in [-0.15, -0.1) is 0 Å². The molecule has 0 radical (unpaired) electrons. The van der Waals surface area contributed by atoms with Crippen molar-refractivity contribution in [2.45, 2.75) is 38.5 Å². The predicted octanol–water partition coefficient (Wildman–Crippen LogP) is 4.75. The van der Waals surface area contributed by atoms with Crippen molar-refractivity contribution in [2.75, 3.05) is 28.4 Å². The van der Waals surface area contributed by atoms with Crippen LogP contribution in [-0.2, 0) is 14.8 Å². The molecule has 172 valence electrons. The minimum absolute atomic E-state index is 0.00853. The highest BCUT2D eigenvalue weighted by Gasteiger charge is 2.22. The Bertz CT molecular complexity index is 1110. The third-order valence-corrected chi connectivity index (χ3v) is 6.81. The minimum atomic E-state index is -3.96. The van der Waals surface area contributed by atoms with Gasteiger partial charge < -0.3 is 15.5 Å². The molecule has 8 nitrogen and oxygen atoms in total. The summed E-state index contributed by atoms with van der Waals surface area (Å²) in [6.07, 6.45) is 1.95. The molecule has 32 heavy (non-hydrogen) atoms. The SMILES string of the molecule is CC(C)(C)C(=O)Nc1ccc(NS(=O)(=O)c2ccc(NC(=O)N3CCCC3)cc2Cl)cc1. The van der Waals surface area contributed by atoms with Crippen LogP contribution >= 0.6 is 11.6 Å². The molecule has 1 aliphatic rings. The molecule has 0 spiro atoms. The van der Waals surface area contributed by atoms with E-state index in [1.54, 1.807) is 49.9 Å². The Kier molecular flexibility index (Phi) is 7.00. The van der Waals surface area contributed by atoms with Gasteiger partial charge in [-0.05, 0) is 55.3 Å². The largest absolute Gasteiger partial charge is 0.326 e. The van der Waals surface area contributed by atoms with Gasteiger partial charge in [-0.25, -0.2) is 13.2 Å². The van der Waals surface area contributed by atoms with Crippen LogP contribution in [-0.4, -0.2) is 38.3 Å². The van der Waals surface area contributed by atoms with E-state index >= 15 is 0 Å². The number of nitrogens with zero attached hydrogens (tertiary/aromatic N) is 1. The molecule has 2 aromatic carbocycles. The highest BCUT2D eigenvalue weighted by atomic mass is 35.5. The van der Waals surface area contributed by atoms with Crippen LogP contribution in [0.3, 0.4) is 0 Å². The maximum Gasteiger partial charge on any atom is 0.321 e. The highest BCUT2D eigenvalue weighted by molar-refractivity contribution is 7.92. The third-order valence-electron chi connectivity index (χ3n) is 4.94. The van der Waals surface area contributed by atoms with Crippen molar-refractivity contribution in [3.63, 3.8) is 0 Å². The van der Waals surface area contributed by atoms with Crippen LogP contribution in [0.15, 0.2) is 47.4 Å². The van der Waals surface area contributed by atoms with Crippen LogP contribution < -0.4 is 15.4 Å². The van der Waals surface area contributed by atoms with E-state index in [0.717, 1.165) is 12.8 Å². The lowest BCUT2D eigenvalue weighted by Crippen LogP contribution is -2.32. The number of carbonyl (C=O) groups excluding carboxylic acids is 2. The molecule has 0 unspecified atom stereocenters. The van der Waals surface area contributed by atoms with Gasteiger partial charge in [0, 0.05) is 35.6 Å². The molecule has 1 aliphatic heterocycles. The summed E-state index contributed by atoms with van der Waals surface area (Å²) in [4.78, 5) is 25.9. The second kappa shape index (κ2) is 9.38. The number of carbonyl (C=O) groups is 2. The molecule has 2 aromatic rings. The van der Waals surface area contributed by atoms with Crippen molar-refractivity contribution < 1.29 is 18.0 Å². The van der Waals surface area contributed by atoms with Gasteiger partial charge >= 0.3 is 6.03 Å². The van der Waals surface area contributed by atoms with Crippen LogP contribution in [0.4, 0.5) is 21.9 Å². The summed E-state index contributed by atoms with van der Waals surface area (Å²) < 4.78 is 28.1. The molecule has 1 saturated heterocycles. The lowest BCUT2D eigenvalue weighted by atomic mass is 9.95. The number of sulfonamides is 1. The summed E-state index contributed by atoms with van der Waals surface area (Å²) in [5.41, 5.74) is 0.756. The lowest BCUT2D eigenvalue weighted by Gasteiger charge is -2.18. The number of nitrogens with one attached hydrogen (secondary N) is 3. The van der Waals surface area contributed by atoms with E-state index in [0.29, 0.717) is 30.2 Å². The average molecular weight is 479 g/mol. The van der Waals surface area contributed by atoms with Gasteiger partial charge in [0.15, 0.2) is 0 Å². The summed E-state index contributed by atoms with van der Waals surface area (Å²) in [6, 6.07) is 10.4. The Balaban J connectivity index is 1.68. The summed E-state index contributed by atoms with van der Waals surface area (Å²) in [7, 11) is -3.96. The molecule has 3 N–H and O–H groups in total. The van der Waals surface area contributed by atoms with Crippen molar-refractivity contribution in [1.29, 1.82) is 0 Å². The number of halogens is 1. The van der Waals surface area contributed by atoms with Gasteiger partial charge in [-0.3, -0.25) is 9.52 Å². The van der Waals surface area contributed by atoms with Gasteiger partial charge in [0.1, 0.15) is 4.90 Å². The third kappa shape index (κ3) is 5.92. The van der Waals surface area contributed by atoms with Gasteiger partial charge in [0.2, 0.25) is 5.91 Å². The first-order valence-corrected chi connectivity index (χ1v) is 12.1. The molecule has 0 aliphatic carbocycles. The highest BCUT2D eigenvalue weighted by Crippen LogP contribution is 2.28. The molecular weight excluding hydrogens is 452 g/mol. The first-order chi connectivity index (χ1) is 15.0. The van der Waals surface area contributed by atoms with E-state index in [4.69, 9.17) is 11.6 Å². The standard InChI is InChI=1S/C22H27ClN4O4S/c1-22(2,3)20(28)24-15-6-8-16(9-7-15)26-32(30,31)19-11-10-17(14-18(19)23)25-21(29)27-12-4-5-13-27/h6-11,14,26H,4-5,12-13H2,1-3H3,(H,24,28)(H,25,29). The number of rotatable bonds is 5. The number of hydrogen-bond acceptors (Lipinski definition) is 4. The first-order valence-electron chi connectivity index (χ1n) is 10.3. The molecular formula is C22H27ClN4O4S. The van der Waals surface area contributed by atoms with E-state index in [-0.39, 0.29) is 21.9 Å². The second-order valence-corrected chi connectivity index (χ2v) is 10.7. The first kappa shape index (κ1) is 23.9.